The molecule has 0 saturated heterocycles. The second kappa shape index (κ2) is 9.31. The molecule has 112 valence electrons. The molecule has 0 aliphatic rings. The molecule has 0 aliphatic heterocycles. The summed E-state index contributed by atoms with van der Waals surface area (Å²) in [7, 11) is 3.67. The zero-order chi connectivity index (χ0) is 13.0. The Morgan fingerprint density at radius 1 is 1.40 bits per heavy atom. The van der Waals surface area contributed by atoms with E-state index in [1.807, 2.05) is 29.9 Å². The number of hydrogen-bond donors (Lipinski definition) is 1. The molecule has 4 nitrogen and oxygen atoms in total. The molecule has 2 aromatic heterocycles. The SMILES string of the molecule is CNCCN(C)C(=O)c1csc(-c2cccs2)n1.Cl.Cl. The summed E-state index contributed by atoms with van der Waals surface area (Å²) in [5.41, 5.74) is 0.530. The topological polar surface area (TPSA) is 45.2 Å². The van der Waals surface area contributed by atoms with Crippen LogP contribution in [0.15, 0.2) is 22.9 Å². The maximum absolute atomic E-state index is 12.1. The van der Waals surface area contributed by atoms with Crippen LogP contribution in [0.3, 0.4) is 0 Å². The molecule has 0 unspecified atom stereocenters. The van der Waals surface area contributed by atoms with Crippen LogP contribution in [0.2, 0.25) is 0 Å². The van der Waals surface area contributed by atoms with Crippen LogP contribution in [0.5, 0.6) is 0 Å². The van der Waals surface area contributed by atoms with Gasteiger partial charge in [-0.1, -0.05) is 6.07 Å². The number of amides is 1. The smallest absolute Gasteiger partial charge is 0.273 e. The van der Waals surface area contributed by atoms with Crippen LogP contribution >= 0.6 is 47.5 Å². The Morgan fingerprint density at radius 2 is 2.15 bits per heavy atom. The van der Waals surface area contributed by atoms with Crippen molar-refractivity contribution in [1.29, 1.82) is 0 Å². The van der Waals surface area contributed by atoms with Crippen molar-refractivity contribution < 1.29 is 4.79 Å². The molecule has 2 heterocycles. The van der Waals surface area contributed by atoms with Crippen molar-refractivity contribution in [2.45, 2.75) is 0 Å². The molecule has 0 spiro atoms. The number of rotatable bonds is 5. The van der Waals surface area contributed by atoms with Crippen molar-refractivity contribution in [3.05, 3.63) is 28.6 Å². The molecule has 8 heteroatoms. The summed E-state index contributed by atoms with van der Waals surface area (Å²) in [6, 6.07) is 4.00. The predicted molar refractivity (Wildman–Crippen MR) is 90.8 cm³/mol. The molecule has 2 rings (SSSR count). The van der Waals surface area contributed by atoms with Gasteiger partial charge in [0.05, 0.1) is 4.88 Å². The normalized spacial score (nSPS) is 9.50. The van der Waals surface area contributed by atoms with Gasteiger partial charge in [0.15, 0.2) is 0 Å². The van der Waals surface area contributed by atoms with Gasteiger partial charge in [0.2, 0.25) is 0 Å². The summed E-state index contributed by atoms with van der Waals surface area (Å²) < 4.78 is 0. The van der Waals surface area contributed by atoms with Gasteiger partial charge < -0.3 is 10.2 Å². The molecule has 0 fully saturated rings. The number of hydrogen-bond acceptors (Lipinski definition) is 5. The fourth-order valence-corrected chi connectivity index (χ4v) is 3.07. The number of carbonyl (C=O) groups excluding carboxylic acids is 1. The lowest BCUT2D eigenvalue weighted by molar-refractivity contribution is 0.0792. The predicted octanol–water partition coefficient (Wildman–Crippen LogP) is 3.01. The minimum Gasteiger partial charge on any atom is -0.339 e. The van der Waals surface area contributed by atoms with E-state index in [4.69, 9.17) is 0 Å². The van der Waals surface area contributed by atoms with Crippen molar-refractivity contribution in [1.82, 2.24) is 15.2 Å². The van der Waals surface area contributed by atoms with Crippen LogP contribution in [-0.4, -0.2) is 43.0 Å². The first-order valence-electron chi connectivity index (χ1n) is 5.62. The summed E-state index contributed by atoms with van der Waals surface area (Å²) in [6.45, 7) is 1.46. The summed E-state index contributed by atoms with van der Waals surface area (Å²) in [4.78, 5) is 19.3. The lowest BCUT2D eigenvalue weighted by atomic mass is 10.4. The lowest BCUT2D eigenvalue weighted by Crippen LogP contribution is -2.32. The van der Waals surface area contributed by atoms with E-state index >= 15 is 0 Å². The van der Waals surface area contributed by atoms with Crippen LogP contribution in [0.1, 0.15) is 10.5 Å². The van der Waals surface area contributed by atoms with Crippen LogP contribution in [0.4, 0.5) is 0 Å². The molecule has 0 aromatic carbocycles. The van der Waals surface area contributed by atoms with Gasteiger partial charge in [-0.25, -0.2) is 4.98 Å². The van der Waals surface area contributed by atoms with Gasteiger partial charge in [-0.3, -0.25) is 4.79 Å². The molecule has 2 aromatic rings. The number of thiazole rings is 1. The summed E-state index contributed by atoms with van der Waals surface area (Å²) >= 11 is 3.15. The first kappa shape index (κ1) is 19.3. The van der Waals surface area contributed by atoms with Gasteiger partial charge in [0, 0.05) is 25.5 Å². The molecule has 0 aliphatic carbocycles. The van der Waals surface area contributed by atoms with E-state index in [1.165, 1.54) is 11.3 Å². The molecule has 0 saturated carbocycles. The quantitative estimate of drug-likeness (QED) is 0.898. The van der Waals surface area contributed by atoms with Gasteiger partial charge in [-0.2, -0.15) is 0 Å². The summed E-state index contributed by atoms with van der Waals surface area (Å²) in [5.74, 6) is -0.0238. The van der Waals surface area contributed by atoms with E-state index in [1.54, 1.807) is 23.3 Å². The third-order valence-corrected chi connectivity index (χ3v) is 4.38. The molecule has 0 atom stereocenters. The van der Waals surface area contributed by atoms with Crippen LogP contribution in [0.25, 0.3) is 9.88 Å². The largest absolute Gasteiger partial charge is 0.339 e. The van der Waals surface area contributed by atoms with E-state index in [0.717, 1.165) is 16.4 Å². The van der Waals surface area contributed by atoms with E-state index in [9.17, 15) is 4.79 Å². The monoisotopic (exact) mass is 353 g/mol. The number of carbonyl (C=O) groups is 1. The Hall–Kier alpha value is -0.660. The van der Waals surface area contributed by atoms with Crippen molar-refractivity contribution in [2.75, 3.05) is 27.2 Å². The summed E-state index contributed by atoms with van der Waals surface area (Å²) in [6.07, 6.45) is 0. The highest BCUT2D eigenvalue weighted by molar-refractivity contribution is 7.20. The third-order valence-electron chi connectivity index (χ3n) is 2.50. The highest BCUT2D eigenvalue weighted by atomic mass is 35.5. The standard InChI is InChI=1S/C12H15N3OS2.2ClH/c1-13-5-6-15(2)12(16)9-8-18-11(14-9)10-4-3-7-17-10;;/h3-4,7-8,13H,5-6H2,1-2H3;2*1H. The average Bonchev–Trinajstić information content (AvgIpc) is 3.04. The number of likely N-dealkylation sites (N-methyl/N-ethyl adjacent to an activating group) is 2. The Bertz CT molecular complexity index is 517. The van der Waals surface area contributed by atoms with Gasteiger partial charge in [0.25, 0.3) is 5.91 Å². The van der Waals surface area contributed by atoms with Crippen molar-refractivity contribution in [3.63, 3.8) is 0 Å². The van der Waals surface area contributed by atoms with Crippen LogP contribution in [-0.2, 0) is 0 Å². The Kier molecular flexibility index (Phi) is 9.00. The van der Waals surface area contributed by atoms with E-state index in [2.05, 4.69) is 10.3 Å². The fraction of sp³-hybridized carbons (Fsp3) is 0.333. The van der Waals surface area contributed by atoms with Crippen LogP contribution in [0, 0.1) is 0 Å². The molecule has 0 bridgehead atoms. The second-order valence-corrected chi connectivity index (χ2v) is 5.65. The van der Waals surface area contributed by atoms with Gasteiger partial charge in [0.1, 0.15) is 10.7 Å². The minimum absolute atomic E-state index is 0. The number of halogens is 2. The number of nitrogens with one attached hydrogen (secondary N) is 1. The van der Waals surface area contributed by atoms with Crippen LogP contribution < -0.4 is 5.32 Å². The molecule has 1 N–H and O–H groups in total. The number of nitrogens with zero attached hydrogens (tertiary/aromatic N) is 2. The molecule has 1 amide bonds. The average molecular weight is 354 g/mol. The number of aromatic nitrogens is 1. The first-order valence-corrected chi connectivity index (χ1v) is 7.37. The minimum atomic E-state index is -0.0238. The lowest BCUT2D eigenvalue weighted by Gasteiger charge is -2.15. The highest BCUT2D eigenvalue weighted by Gasteiger charge is 2.15. The van der Waals surface area contributed by atoms with Crippen molar-refractivity contribution >= 4 is 53.4 Å². The first-order chi connectivity index (χ1) is 8.72. The highest BCUT2D eigenvalue weighted by Crippen LogP contribution is 2.27. The third kappa shape index (κ3) is 4.71. The zero-order valence-corrected chi connectivity index (χ0v) is 14.4. The Morgan fingerprint density at radius 3 is 2.75 bits per heavy atom. The molecule has 0 radical (unpaired) electrons. The molecular formula is C12H17Cl2N3OS2. The van der Waals surface area contributed by atoms with E-state index < -0.39 is 0 Å². The molecular weight excluding hydrogens is 337 g/mol. The van der Waals surface area contributed by atoms with E-state index in [-0.39, 0.29) is 30.7 Å². The maximum Gasteiger partial charge on any atom is 0.273 e. The second-order valence-electron chi connectivity index (χ2n) is 3.85. The van der Waals surface area contributed by atoms with Gasteiger partial charge in [-0.15, -0.1) is 47.5 Å². The zero-order valence-electron chi connectivity index (χ0n) is 11.2. The van der Waals surface area contributed by atoms with Crippen molar-refractivity contribution in [3.8, 4) is 9.88 Å². The number of thiophene rings is 1. The van der Waals surface area contributed by atoms with E-state index in [0.29, 0.717) is 12.2 Å². The van der Waals surface area contributed by atoms with Gasteiger partial charge >= 0.3 is 0 Å². The maximum atomic E-state index is 12.1. The Balaban J connectivity index is 0.00000180. The van der Waals surface area contributed by atoms with Gasteiger partial charge in [-0.05, 0) is 18.5 Å². The Labute approximate surface area is 139 Å². The fourth-order valence-electron chi connectivity index (χ4n) is 1.46. The van der Waals surface area contributed by atoms with Crippen molar-refractivity contribution in [2.24, 2.45) is 0 Å². The summed E-state index contributed by atoms with van der Waals surface area (Å²) in [5, 5.41) is 7.77. The molecule has 20 heavy (non-hydrogen) atoms.